The van der Waals surface area contributed by atoms with Crippen molar-refractivity contribution in [2.75, 3.05) is 40.9 Å². The van der Waals surface area contributed by atoms with E-state index in [0.29, 0.717) is 17.4 Å². The number of carbonyl (C=O) groups is 1. The van der Waals surface area contributed by atoms with Gasteiger partial charge in [0.2, 0.25) is 5.91 Å². The fraction of sp³-hybridized carbons (Fsp3) is 0.787. The number of phosphoric acid groups is 1. The van der Waals surface area contributed by atoms with Gasteiger partial charge in [-0.3, -0.25) is 13.8 Å². The van der Waals surface area contributed by atoms with Gasteiger partial charge in [0.25, 0.3) is 0 Å². The third-order valence-corrected chi connectivity index (χ3v) is 13.9. The lowest BCUT2D eigenvalue weighted by molar-refractivity contribution is -0.870. The Labute approximate surface area is 434 Å². The predicted octanol–water partition coefficient (Wildman–Crippen LogP) is 17.9. The van der Waals surface area contributed by atoms with Crippen LogP contribution in [0.3, 0.4) is 0 Å². The summed E-state index contributed by atoms with van der Waals surface area (Å²) in [5.41, 5.74) is 0. The van der Waals surface area contributed by atoms with Crippen molar-refractivity contribution in [2.24, 2.45) is 0 Å². The Hall–Kier alpha value is -2.06. The molecule has 0 saturated carbocycles. The van der Waals surface area contributed by atoms with Gasteiger partial charge in [0.15, 0.2) is 0 Å². The SMILES string of the molecule is CC/C=C\C/C=C\C/C=C\C/C=C\CCCCCCCCCCCCCCCCCCCCCCC(=O)NC(COP(=O)(O)OCC[N+](C)(C)C)C(O)/C=C/CC/C=C/CCCCCCCCCCC. The van der Waals surface area contributed by atoms with Crippen molar-refractivity contribution in [3.8, 4) is 0 Å². The number of unbranched alkanes of at least 4 members (excludes halogenated alkanes) is 30. The van der Waals surface area contributed by atoms with Crippen LogP contribution in [0.5, 0.6) is 0 Å². The number of nitrogens with zero attached hydrogens (tertiary/aromatic N) is 1. The van der Waals surface area contributed by atoms with Crippen LogP contribution >= 0.6 is 7.82 Å². The maximum atomic E-state index is 13.0. The van der Waals surface area contributed by atoms with Crippen LogP contribution in [-0.4, -0.2) is 73.4 Å². The molecule has 3 atom stereocenters. The monoisotopic (exact) mass is 1000 g/mol. The molecule has 3 N–H and O–H groups in total. The van der Waals surface area contributed by atoms with Crippen LogP contribution in [0, 0.1) is 0 Å². The zero-order valence-electron chi connectivity index (χ0n) is 46.5. The van der Waals surface area contributed by atoms with Crippen LogP contribution in [0.2, 0.25) is 0 Å². The molecule has 70 heavy (non-hydrogen) atoms. The molecule has 9 heteroatoms. The van der Waals surface area contributed by atoms with Crippen LogP contribution in [-0.2, 0) is 18.4 Å². The number of hydrogen-bond donors (Lipinski definition) is 3. The molecule has 0 aromatic carbocycles. The molecule has 0 aliphatic heterocycles. The van der Waals surface area contributed by atoms with Gasteiger partial charge in [-0.1, -0.05) is 254 Å². The fourth-order valence-electron chi connectivity index (χ4n) is 8.34. The van der Waals surface area contributed by atoms with Crippen molar-refractivity contribution in [1.82, 2.24) is 5.32 Å². The van der Waals surface area contributed by atoms with Crippen LogP contribution in [0.4, 0.5) is 0 Å². The minimum Gasteiger partial charge on any atom is -0.387 e. The number of hydrogen-bond acceptors (Lipinski definition) is 5. The molecule has 0 heterocycles. The van der Waals surface area contributed by atoms with Crippen LogP contribution in [0.15, 0.2) is 72.9 Å². The van der Waals surface area contributed by atoms with Crippen molar-refractivity contribution >= 4 is 13.7 Å². The molecule has 408 valence electrons. The number of carbonyl (C=O) groups excluding carboxylic acids is 1. The van der Waals surface area contributed by atoms with Gasteiger partial charge in [0.05, 0.1) is 39.9 Å². The second kappa shape index (κ2) is 51.8. The lowest BCUT2D eigenvalue weighted by Gasteiger charge is -2.25. The Morgan fingerprint density at radius 3 is 1.31 bits per heavy atom. The molecule has 3 unspecified atom stereocenters. The first kappa shape index (κ1) is 67.9. The summed E-state index contributed by atoms with van der Waals surface area (Å²) < 4.78 is 23.7. The van der Waals surface area contributed by atoms with Crippen molar-refractivity contribution in [3.05, 3.63) is 72.9 Å². The van der Waals surface area contributed by atoms with E-state index in [9.17, 15) is 19.4 Å². The zero-order valence-corrected chi connectivity index (χ0v) is 47.4. The molecule has 0 aromatic rings. The van der Waals surface area contributed by atoms with Crippen molar-refractivity contribution in [3.63, 3.8) is 0 Å². The van der Waals surface area contributed by atoms with Gasteiger partial charge in [0, 0.05) is 6.42 Å². The Morgan fingerprint density at radius 2 is 0.871 bits per heavy atom. The third kappa shape index (κ3) is 53.7. The summed E-state index contributed by atoms with van der Waals surface area (Å²) in [5, 5.41) is 13.9. The molecule has 0 fully saturated rings. The first-order chi connectivity index (χ1) is 34.0. The molecule has 0 saturated heterocycles. The summed E-state index contributed by atoms with van der Waals surface area (Å²) in [5.74, 6) is -0.186. The second-order valence-corrected chi connectivity index (χ2v) is 22.4. The topological polar surface area (TPSA) is 105 Å². The maximum absolute atomic E-state index is 13.0. The van der Waals surface area contributed by atoms with Gasteiger partial charge in [-0.15, -0.1) is 0 Å². The number of nitrogens with one attached hydrogen (secondary N) is 1. The van der Waals surface area contributed by atoms with E-state index in [1.54, 1.807) is 6.08 Å². The predicted molar refractivity (Wildman–Crippen MR) is 304 cm³/mol. The summed E-state index contributed by atoms with van der Waals surface area (Å²) in [4.78, 5) is 23.3. The molecule has 8 nitrogen and oxygen atoms in total. The number of rotatable bonds is 53. The molecule has 0 aliphatic rings. The minimum absolute atomic E-state index is 0.0555. The molecule has 0 aliphatic carbocycles. The second-order valence-electron chi connectivity index (χ2n) is 21.0. The van der Waals surface area contributed by atoms with E-state index >= 15 is 0 Å². The molecule has 0 rings (SSSR count). The first-order valence-corrected chi connectivity index (χ1v) is 30.8. The van der Waals surface area contributed by atoms with E-state index in [2.05, 4.69) is 79.9 Å². The van der Waals surface area contributed by atoms with E-state index in [-0.39, 0.29) is 19.1 Å². The number of quaternary nitrogens is 1. The van der Waals surface area contributed by atoms with Gasteiger partial charge in [-0.25, -0.2) is 4.57 Å². The highest BCUT2D eigenvalue weighted by Crippen LogP contribution is 2.43. The highest BCUT2D eigenvalue weighted by Gasteiger charge is 2.27. The molecular weight excluding hydrogens is 888 g/mol. The first-order valence-electron chi connectivity index (χ1n) is 29.3. The summed E-state index contributed by atoms with van der Waals surface area (Å²) >= 11 is 0. The maximum Gasteiger partial charge on any atom is 0.472 e. The lowest BCUT2D eigenvalue weighted by Crippen LogP contribution is -2.45. The Balaban J connectivity index is 4.06. The number of phosphoric ester groups is 1. The van der Waals surface area contributed by atoms with E-state index < -0.39 is 20.0 Å². The van der Waals surface area contributed by atoms with Crippen molar-refractivity contribution < 1.29 is 32.9 Å². The van der Waals surface area contributed by atoms with Gasteiger partial charge in [0.1, 0.15) is 13.2 Å². The quantitative estimate of drug-likeness (QED) is 0.0243. The molecule has 0 bridgehead atoms. The third-order valence-electron chi connectivity index (χ3n) is 12.9. The molecule has 1 amide bonds. The minimum atomic E-state index is -4.35. The molecule has 0 aromatic heterocycles. The van der Waals surface area contributed by atoms with Gasteiger partial charge in [-0.2, -0.15) is 0 Å². The molecule has 0 spiro atoms. The van der Waals surface area contributed by atoms with E-state index in [4.69, 9.17) is 9.05 Å². The highest BCUT2D eigenvalue weighted by atomic mass is 31.2. The van der Waals surface area contributed by atoms with Crippen LogP contribution in [0.25, 0.3) is 0 Å². The number of aliphatic hydroxyl groups excluding tert-OH is 1. The summed E-state index contributed by atoms with van der Waals surface area (Å²) in [7, 11) is 1.56. The van der Waals surface area contributed by atoms with Crippen LogP contribution in [0.1, 0.15) is 258 Å². The molecular formula is C61H114N2O6P+. The fourth-order valence-corrected chi connectivity index (χ4v) is 9.08. The average molecular weight is 1000 g/mol. The summed E-state index contributed by atoms with van der Waals surface area (Å²) in [6, 6.07) is -0.864. The largest absolute Gasteiger partial charge is 0.472 e. The normalized spacial score (nSPS) is 14.4. The Morgan fingerprint density at radius 1 is 0.500 bits per heavy atom. The zero-order chi connectivity index (χ0) is 51.3. The number of amides is 1. The highest BCUT2D eigenvalue weighted by molar-refractivity contribution is 7.47. The van der Waals surface area contributed by atoms with Gasteiger partial charge < -0.3 is 19.8 Å². The van der Waals surface area contributed by atoms with Crippen molar-refractivity contribution in [1.29, 1.82) is 0 Å². The Kier molecular flexibility index (Phi) is 50.3. The lowest BCUT2D eigenvalue weighted by atomic mass is 10.0. The standard InChI is InChI=1S/C61H113N2O6P/c1-6-8-10-12-14-16-18-20-22-23-24-25-26-27-28-29-30-31-32-33-34-35-36-37-38-39-41-43-45-47-49-51-53-55-61(65)62-59(58-69-70(66,67)68-57-56-63(3,4)5)60(64)54-52-50-48-46-44-42-40-21-19-17-15-13-11-9-7-2/h8,10,14,16,20,22,24-25,44,46,52,54,59-60,64H,6-7,9,11-13,15,17-19,21,23,26-43,45,47-51,53,55-58H2,1-5H3,(H-,62,65,66,67)/p+1/b10-8-,16-14-,22-20-,25-24-,46-44+,54-52+. The van der Waals surface area contributed by atoms with Gasteiger partial charge >= 0.3 is 7.82 Å². The number of likely N-dealkylation sites (N-methyl/N-ethyl adjacent to an activating group) is 1. The summed E-state index contributed by atoms with van der Waals surface area (Å²) in [6.45, 7) is 4.69. The van der Waals surface area contributed by atoms with E-state index in [0.717, 1.165) is 64.2 Å². The van der Waals surface area contributed by atoms with Gasteiger partial charge in [-0.05, 0) is 70.6 Å². The molecule has 0 radical (unpaired) electrons. The van der Waals surface area contributed by atoms with E-state index in [1.807, 2.05) is 27.2 Å². The Bertz CT molecular complexity index is 1370. The van der Waals surface area contributed by atoms with Crippen LogP contribution < -0.4 is 5.32 Å². The number of aliphatic hydroxyl groups is 1. The summed E-state index contributed by atoms with van der Waals surface area (Å²) in [6.07, 6.45) is 71.6. The number of allylic oxidation sites excluding steroid dienone is 11. The smallest absolute Gasteiger partial charge is 0.387 e. The van der Waals surface area contributed by atoms with E-state index in [1.165, 1.54) is 173 Å². The van der Waals surface area contributed by atoms with Crippen molar-refractivity contribution in [2.45, 2.75) is 270 Å². The average Bonchev–Trinajstić information content (AvgIpc) is 3.32.